The molecule has 4 rings (SSSR count). The maximum absolute atomic E-state index is 15.5. The summed E-state index contributed by atoms with van der Waals surface area (Å²) in [5, 5.41) is -1.12. The standard InChI is InChI=1S/C25H25F6N5O2S/c1-15(17-5-7-18(8-6-17)25(29,30)31)36(20-11-12-20)23-21(26)22(33-14-34-23)32-13-16-3-9-19(10-4-16)35-39(37,38)24(2,27)28/h3-10,14-15,20,35H,11-13H2,1-2H3,(H,32,33,34). The molecule has 1 heterocycles. The summed E-state index contributed by atoms with van der Waals surface area (Å²) in [5.74, 6) is -0.842. The lowest BCUT2D eigenvalue weighted by Gasteiger charge is -2.31. The Kier molecular flexibility index (Phi) is 7.70. The third-order valence-corrected chi connectivity index (χ3v) is 7.68. The Labute approximate surface area is 221 Å². The zero-order valence-corrected chi connectivity index (χ0v) is 21.6. The summed E-state index contributed by atoms with van der Waals surface area (Å²) in [6.45, 7) is 2.11. The van der Waals surface area contributed by atoms with Crippen molar-refractivity contribution in [3.63, 3.8) is 0 Å². The first-order valence-electron chi connectivity index (χ1n) is 11.9. The number of hydrogen-bond donors (Lipinski definition) is 2. The third kappa shape index (κ3) is 6.54. The average Bonchev–Trinajstić information content (AvgIpc) is 3.69. The van der Waals surface area contributed by atoms with Gasteiger partial charge in [0.05, 0.1) is 11.6 Å². The number of halogens is 6. The smallest absolute Gasteiger partial charge is 0.363 e. The number of aromatic nitrogens is 2. The van der Waals surface area contributed by atoms with Gasteiger partial charge in [-0.3, -0.25) is 4.72 Å². The fourth-order valence-corrected chi connectivity index (χ4v) is 4.55. The van der Waals surface area contributed by atoms with Gasteiger partial charge in [-0.05, 0) is 55.2 Å². The van der Waals surface area contributed by atoms with Crippen molar-refractivity contribution in [2.45, 2.75) is 56.7 Å². The minimum atomic E-state index is -4.90. The molecule has 1 aromatic heterocycles. The van der Waals surface area contributed by atoms with Gasteiger partial charge in [-0.15, -0.1) is 0 Å². The highest BCUT2D eigenvalue weighted by molar-refractivity contribution is 7.93. The van der Waals surface area contributed by atoms with Crippen LogP contribution < -0.4 is 14.9 Å². The summed E-state index contributed by atoms with van der Waals surface area (Å²) in [4.78, 5) is 9.81. The summed E-state index contributed by atoms with van der Waals surface area (Å²) < 4.78 is 106. The van der Waals surface area contributed by atoms with Gasteiger partial charge in [0.2, 0.25) is 5.82 Å². The van der Waals surface area contributed by atoms with Crippen LogP contribution in [0.1, 0.15) is 49.4 Å². The van der Waals surface area contributed by atoms with E-state index >= 15 is 4.39 Å². The lowest BCUT2D eigenvalue weighted by molar-refractivity contribution is -0.137. The van der Waals surface area contributed by atoms with Gasteiger partial charge in [0.1, 0.15) is 6.33 Å². The molecule has 1 aliphatic rings. The highest BCUT2D eigenvalue weighted by Crippen LogP contribution is 2.40. The van der Waals surface area contributed by atoms with Gasteiger partial charge in [0.25, 0.3) is 10.0 Å². The molecule has 14 heteroatoms. The van der Waals surface area contributed by atoms with E-state index in [2.05, 4.69) is 15.3 Å². The maximum atomic E-state index is 15.5. The topological polar surface area (TPSA) is 87.2 Å². The number of nitrogens with one attached hydrogen (secondary N) is 2. The fraction of sp³-hybridized carbons (Fsp3) is 0.360. The van der Waals surface area contributed by atoms with Crippen molar-refractivity contribution in [2.24, 2.45) is 0 Å². The Balaban J connectivity index is 1.49. The van der Waals surface area contributed by atoms with Crippen molar-refractivity contribution in [1.82, 2.24) is 9.97 Å². The van der Waals surface area contributed by atoms with Gasteiger partial charge in [-0.1, -0.05) is 24.3 Å². The van der Waals surface area contributed by atoms with Gasteiger partial charge in [0, 0.05) is 25.2 Å². The van der Waals surface area contributed by atoms with Crippen LogP contribution in [0.4, 0.5) is 43.7 Å². The van der Waals surface area contributed by atoms with Crippen molar-refractivity contribution in [1.29, 1.82) is 0 Å². The van der Waals surface area contributed by atoms with Gasteiger partial charge >= 0.3 is 11.4 Å². The van der Waals surface area contributed by atoms with Gasteiger partial charge < -0.3 is 10.2 Å². The number of rotatable bonds is 10. The van der Waals surface area contributed by atoms with Crippen LogP contribution in [0.3, 0.4) is 0 Å². The maximum Gasteiger partial charge on any atom is 0.416 e. The molecule has 2 N–H and O–H groups in total. The molecular weight excluding hydrogens is 548 g/mol. The summed E-state index contributed by atoms with van der Waals surface area (Å²) >= 11 is 0. The molecule has 210 valence electrons. The molecule has 1 aliphatic carbocycles. The summed E-state index contributed by atoms with van der Waals surface area (Å²) in [5.41, 5.74) is 0.315. The molecule has 1 fully saturated rings. The number of benzene rings is 2. The summed E-state index contributed by atoms with van der Waals surface area (Å²) in [6.07, 6.45) is -1.73. The molecule has 39 heavy (non-hydrogen) atoms. The average molecular weight is 574 g/mol. The largest absolute Gasteiger partial charge is 0.416 e. The van der Waals surface area contributed by atoms with E-state index in [0.717, 1.165) is 25.0 Å². The molecule has 0 aliphatic heterocycles. The molecule has 0 saturated heterocycles. The fourth-order valence-electron chi connectivity index (χ4n) is 3.92. The molecular formula is C25H25F6N5O2S. The molecule has 0 bridgehead atoms. The van der Waals surface area contributed by atoms with Crippen molar-refractivity contribution in [3.8, 4) is 0 Å². The second-order valence-electron chi connectivity index (χ2n) is 9.26. The molecule has 7 nitrogen and oxygen atoms in total. The quantitative estimate of drug-likeness (QED) is 0.276. The molecule has 1 atom stereocenters. The second-order valence-corrected chi connectivity index (χ2v) is 11.2. The van der Waals surface area contributed by atoms with Crippen LogP contribution in [0.15, 0.2) is 54.9 Å². The number of anilines is 3. The Morgan fingerprint density at radius 3 is 2.15 bits per heavy atom. The first-order chi connectivity index (χ1) is 18.2. The highest BCUT2D eigenvalue weighted by Gasteiger charge is 2.39. The van der Waals surface area contributed by atoms with E-state index in [1.807, 2.05) is 0 Å². The van der Waals surface area contributed by atoms with E-state index < -0.39 is 38.9 Å². The first kappa shape index (κ1) is 28.5. The second kappa shape index (κ2) is 10.5. The molecule has 3 aromatic rings. The Hall–Kier alpha value is -3.55. The molecule has 0 spiro atoms. The zero-order valence-electron chi connectivity index (χ0n) is 20.8. The molecule has 0 amide bonds. The third-order valence-electron chi connectivity index (χ3n) is 6.23. The number of nitrogens with zero attached hydrogens (tertiary/aromatic N) is 3. The van der Waals surface area contributed by atoms with Crippen LogP contribution in [-0.4, -0.2) is 29.7 Å². The van der Waals surface area contributed by atoms with E-state index in [4.69, 9.17) is 0 Å². The van der Waals surface area contributed by atoms with Crippen LogP contribution in [-0.2, 0) is 22.7 Å². The molecule has 1 unspecified atom stereocenters. The van der Waals surface area contributed by atoms with E-state index in [9.17, 15) is 30.4 Å². The predicted molar refractivity (Wildman–Crippen MR) is 134 cm³/mol. The van der Waals surface area contributed by atoms with E-state index in [-0.39, 0.29) is 36.8 Å². The SMILES string of the molecule is CC(c1ccc(C(F)(F)F)cc1)N(c1ncnc(NCc2ccc(NS(=O)(=O)C(C)(F)F)cc2)c1F)C1CC1. The first-order valence-corrected chi connectivity index (χ1v) is 13.3. The lowest BCUT2D eigenvalue weighted by Crippen LogP contribution is -2.31. The number of hydrogen-bond acceptors (Lipinski definition) is 6. The van der Waals surface area contributed by atoms with Crippen LogP contribution in [0.5, 0.6) is 0 Å². The van der Waals surface area contributed by atoms with Gasteiger partial charge in [-0.2, -0.15) is 26.3 Å². The number of sulfonamides is 1. The Bertz CT molecular complexity index is 1410. The van der Waals surface area contributed by atoms with Crippen molar-refractivity contribution in [3.05, 3.63) is 77.4 Å². The van der Waals surface area contributed by atoms with Crippen molar-refractivity contribution in [2.75, 3.05) is 14.9 Å². The highest BCUT2D eigenvalue weighted by atomic mass is 32.2. The monoisotopic (exact) mass is 573 g/mol. The van der Waals surface area contributed by atoms with Crippen LogP contribution in [0.2, 0.25) is 0 Å². The predicted octanol–water partition coefficient (Wildman–Crippen LogP) is 6.33. The lowest BCUT2D eigenvalue weighted by atomic mass is 10.0. The van der Waals surface area contributed by atoms with Gasteiger partial charge in [-0.25, -0.2) is 18.4 Å². The molecule has 2 aromatic carbocycles. The summed E-state index contributed by atoms with van der Waals surface area (Å²) in [7, 11) is -4.90. The minimum absolute atomic E-state index is 0.00708. The van der Waals surface area contributed by atoms with Crippen LogP contribution in [0, 0.1) is 5.82 Å². The van der Waals surface area contributed by atoms with Crippen LogP contribution >= 0.6 is 0 Å². The zero-order chi connectivity index (χ0) is 28.6. The number of alkyl halides is 5. The minimum Gasteiger partial charge on any atom is -0.363 e. The van der Waals surface area contributed by atoms with Crippen molar-refractivity contribution < 1.29 is 34.8 Å². The van der Waals surface area contributed by atoms with Crippen molar-refractivity contribution >= 4 is 27.3 Å². The normalized spacial score (nSPS) is 15.1. The molecule has 0 radical (unpaired) electrons. The van der Waals surface area contributed by atoms with Crippen LogP contribution in [0.25, 0.3) is 0 Å². The van der Waals surface area contributed by atoms with E-state index in [1.165, 1.54) is 42.7 Å². The van der Waals surface area contributed by atoms with Gasteiger partial charge in [0.15, 0.2) is 11.6 Å². The summed E-state index contributed by atoms with van der Waals surface area (Å²) in [6, 6.07) is 9.75. The van der Waals surface area contributed by atoms with E-state index in [0.29, 0.717) is 11.1 Å². The Morgan fingerprint density at radius 1 is 1.00 bits per heavy atom. The molecule has 1 saturated carbocycles. The van der Waals surface area contributed by atoms with E-state index in [1.54, 1.807) is 16.5 Å². The Morgan fingerprint density at radius 2 is 1.62 bits per heavy atom.